The molecule has 106 valence electrons. The Bertz CT molecular complexity index is 276. The van der Waals surface area contributed by atoms with Crippen molar-refractivity contribution in [2.75, 3.05) is 31.9 Å². The van der Waals surface area contributed by atoms with Gasteiger partial charge in [-0.2, -0.15) is 11.8 Å². The summed E-state index contributed by atoms with van der Waals surface area (Å²) >= 11 is 2.13. The van der Waals surface area contributed by atoms with Crippen molar-refractivity contribution in [2.45, 2.75) is 57.7 Å². The highest BCUT2D eigenvalue weighted by atomic mass is 32.2. The van der Waals surface area contributed by atoms with E-state index in [0.717, 1.165) is 6.04 Å². The van der Waals surface area contributed by atoms with E-state index in [0.29, 0.717) is 10.2 Å². The summed E-state index contributed by atoms with van der Waals surface area (Å²) in [5, 5.41) is 3.73. The van der Waals surface area contributed by atoms with Crippen molar-refractivity contribution in [1.29, 1.82) is 0 Å². The van der Waals surface area contributed by atoms with Crippen LogP contribution in [0.25, 0.3) is 0 Å². The smallest absolute Gasteiger partial charge is 0.0231 e. The molecule has 18 heavy (non-hydrogen) atoms. The van der Waals surface area contributed by atoms with Gasteiger partial charge in [0.2, 0.25) is 0 Å². The minimum absolute atomic E-state index is 0.441. The van der Waals surface area contributed by atoms with Gasteiger partial charge < -0.3 is 10.2 Å². The van der Waals surface area contributed by atoms with Crippen LogP contribution in [-0.2, 0) is 0 Å². The Morgan fingerprint density at radius 1 is 1.39 bits per heavy atom. The molecule has 0 spiro atoms. The highest BCUT2D eigenvalue weighted by Gasteiger charge is 2.33. The Morgan fingerprint density at radius 2 is 2.11 bits per heavy atom. The van der Waals surface area contributed by atoms with Gasteiger partial charge in [0.05, 0.1) is 0 Å². The Balaban J connectivity index is 1.83. The lowest BCUT2D eigenvalue weighted by Gasteiger charge is -2.42. The van der Waals surface area contributed by atoms with Gasteiger partial charge in [-0.05, 0) is 38.5 Å². The fourth-order valence-corrected chi connectivity index (χ4v) is 3.94. The number of thioether (sulfide) groups is 1. The summed E-state index contributed by atoms with van der Waals surface area (Å²) in [4.78, 5) is 2.69. The molecule has 3 heteroatoms. The quantitative estimate of drug-likeness (QED) is 0.799. The van der Waals surface area contributed by atoms with Crippen LogP contribution in [0, 0.1) is 5.41 Å². The Kier molecular flexibility index (Phi) is 4.66. The summed E-state index contributed by atoms with van der Waals surface area (Å²) in [6.07, 6.45) is 4.07. The second-order valence-electron chi connectivity index (χ2n) is 7.14. The standard InChI is InChI=1S/C15H30N2S/c1-5-15(4,10-16-13-6-7-13)12-17-8-9-18-14(2,3)11-17/h13,16H,5-12H2,1-4H3. The van der Waals surface area contributed by atoms with Gasteiger partial charge in [0.1, 0.15) is 0 Å². The average molecular weight is 270 g/mol. The van der Waals surface area contributed by atoms with Gasteiger partial charge in [-0.1, -0.05) is 13.8 Å². The lowest BCUT2D eigenvalue weighted by molar-refractivity contribution is 0.149. The van der Waals surface area contributed by atoms with Gasteiger partial charge in [-0.3, -0.25) is 0 Å². The molecule has 1 saturated heterocycles. The van der Waals surface area contributed by atoms with E-state index in [-0.39, 0.29) is 0 Å². The van der Waals surface area contributed by atoms with Gasteiger partial charge in [0.25, 0.3) is 0 Å². The Hall–Kier alpha value is 0.270. The summed E-state index contributed by atoms with van der Waals surface area (Å²) in [6, 6.07) is 0.837. The van der Waals surface area contributed by atoms with E-state index in [1.165, 1.54) is 51.2 Å². The first-order valence-electron chi connectivity index (χ1n) is 7.52. The molecule has 0 radical (unpaired) electrons. The second kappa shape index (κ2) is 5.72. The monoisotopic (exact) mass is 270 g/mol. The summed E-state index contributed by atoms with van der Waals surface area (Å²) in [5.41, 5.74) is 0.445. The lowest BCUT2D eigenvalue weighted by Crippen LogP contribution is -2.49. The van der Waals surface area contributed by atoms with Crippen LogP contribution < -0.4 is 5.32 Å². The van der Waals surface area contributed by atoms with E-state index in [4.69, 9.17) is 0 Å². The van der Waals surface area contributed by atoms with Crippen LogP contribution in [0.5, 0.6) is 0 Å². The van der Waals surface area contributed by atoms with E-state index in [2.05, 4.69) is 49.7 Å². The normalized spacial score (nSPS) is 28.0. The Labute approximate surface area is 117 Å². The molecule has 2 fully saturated rings. The molecule has 1 aliphatic carbocycles. The number of nitrogens with zero attached hydrogens (tertiary/aromatic N) is 1. The molecule has 1 aliphatic heterocycles. The lowest BCUT2D eigenvalue weighted by atomic mass is 9.86. The zero-order valence-electron chi connectivity index (χ0n) is 12.6. The van der Waals surface area contributed by atoms with Crippen molar-refractivity contribution < 1.29 is 0 Å². The molecule has 2 aliphatic rings. The molecule has 1 heterocycles. The highest BCUT2D eigenvalue weighted by Crippen LogP contribution is 2.32. The predicted molar refractivity (Wildman–Crippen MR) is 82.4 cm³/mol. The third kappa shape index (κ3) is 4.43. The number of hydrogen-bond donors (Lipinski definition) is 1. The number of nitrogens with one attached hydrogen (secondary N) is 1. The summed E-state index contributed by atoms with van der Waals surface area (Å²) in [6.45, 7) is 14.5. The minimum atomic E-state index is 0.441. The van der Waals surface area contributed by atoms with Crippen molar-refractivity contribution in [3.8, 4) is 0 Å². The summed E-state index contributed by atoms with van der Waals surface area (Å²) < 4.78 is 0.441. The molecule has 0 amide bonds. The largest absolute Gasteiger partial charge is 0.313 e. The second-order valence-corrected chi connectivity index (χ2v) is 8.94. The van der Waals surface area contributed by atoms with Gasteiger partial charge >= 0.3 is 0 Å². The molecular formula is C15H30N2S. The maximum Gasteiger partial charge on any atom is 0.0231 e. The van der Waals surface area contributed by atoms with Crippen LogP contribution in [0.2, 0.25) is 0 Å². The van der Waals surface area contributed by atoms with Gasteiger partial charge in [-0.25, -0.2) is 0 Å². The molecule has 0 aromatic heterocycles. The van der Waals surface area contributed by atoms with Gasteiger partial charge in [-0.15, -0.1) is 0 Å². The fraction of sp³-hybridized carbons (Fsp3) is 1.00. The Morgan fingerprint density at radius 3 is 2.67 bits per heavy atom. The molecule has 0 aromatic rings. The molecule has 1 atom stereocenters. The van der Waals surface area contributed by atoms with Crippen LogP contribution >= 0.6 is 11.8 Å². The van der Waals surface area contributed by atoms with E-state index in [1.807, 2.05) is 0 Å². The van der Waals surface area contributed by atoms with E-state index in [9.17, 15) is 0 Å². The first-order chi connectivity index (χ1) is 8.42. The molecule has 1 N–H and O–H groups in total. The molecule has 0 aromatic carbocycles. The SMILES string of the molecule is CCC(C)(CNC1CC1)CN1CCSC(C)(C)C1. The summed E-state index contributed by atoms with van der Waals surface area (Å²) in [7, 11) is 0. The first-order valence-corrected chi connectivity index (χ1v) is 8.51. The van der Waals surface area contributed by atoms with Crippen LogP contribution in [0.1, 0.15) is 47.0 Å². The van der Waals surface area contributed by atoms with Gasteiger partial charge in [0.15, 0.2) is 0 Å². The van der Waals surface area contributed by atoms with E-state index < -0.39 is 0 Å². The van der Waals surface area contributed by atoms with Crippen molar-refractivity contribution in [3.05, 3.63) is 0 Å². The van der Waals surface area contributed by atoms with Crippen molar-refractivity contribution in [1.82, 2.24) is 10.2 Å². The zero-order valence-corrected chi connectivity index (χ0v) is 13.4. The van der Waals surface area contributed by atoms with E-state index in [1.54, 1.807) is 0 Å². The van der Waals surface area contributed by atoms with Crippen LogP contribution in [0.4, 0.5) is 0 Å². The maximum atomic E-state index is 3.73. The third-order valence-corrected chi connectivity index (χ3v) is 5.66. The summed E-state index contributed by atoms with van der Waals surface area (Å²) in [5.74, 6) is 1.29. The average Bonchev–Trinajstić information content (AvgIpc) is 3.09. The van der Waals surface area contributed by atoms with Gasteiger partial charge in [0, 0.05) is 42.7 Å². The topological polar surface area (TPSA) is 15.3 Å². The molecule has 2 nitrogen and oxygen atoms in total. The van der Waals surface area contributed by atoms with E-state index >= 15 is 0 Å². The minimum Gasteiger partial charge on any atom is -0.313 e. The van der Waals surface area contributed by atoms with Crippen molar-refractivity contribution in [2.24, 2.45) is 5.41 Å². The molecule has 1 saturated carbocycles. The molecule has 2 rings (SSSR count). The first kappa shape index (κ1) is 14.7. The zero-order chi connectivity index (χ0) is 13.2. The fourth-order valence-electron chi connectivity index (χ4n) is 2.76. The van der Waals surface area contributed by atoms with Crippen LogP contribution in [-0.4, -0.2) is 47.6 Å². The maximum absolute atomic E-state index is 3.73. The van der Waals surface area contributed by atoms with Crippen LogP contribution in [0.3, 0.4) is 0 Å². The third-order valence-electron chi connectivity index (χ3n) is 4.36. The molecular weight excluding hydrogens is 240 g/mol. The molecule has 0 bridgehead atoms. The number of hydrogen-bond acceptors (Lipinski definition) is 3. The number of rotatable bonds is 6. The van der Waals surface area contributed by atoms with Crippen molar-refractivity contribution in [3.63, 3.8) is 0 Å². The highest BCUT2D eigenvalue weighted by molar-refractivity contribution is 8.00. The van der Waals surface area contributed by atoms with Crippen molar-refractivity contribution >= 4 is 11.8 Å². The van der Waals surface area contributed by atoms with Crippen LogP contribution in [0.15, 0.2) is 0 Å². The molecule has 1 unspecified atom stereocenters. The predicted octanol–water partition coefficient (Wildman–Crippen LogP) is 2.98.